The van der Waals surface area contributed by atoms with Crippen molar-refractivity contribution in [3.8, 4) is 0 Å². The Morgan fingerprint density at radius 2 is 2.06 bits per heavy atom. The van der Waals surface area contributed by atoms with E-state index in [0.29, 0.717) is 12.3 Å². The molecule has 102 valence electrons. The third-order valence-corrected chi connectivity index (χ3v) is 4.70. The van der Waals surface area contributed by atoms with Crippen LogP contribution in [0.25, 0.3) is 0 Å². The van der Waals surface area contributed by atoms with Crippen LogP contribution in [0.1, 0.15) is 33.6 Å². The van der Waals surface area contributed by atoms with Crippen molar-refractivity contribution >= 4 is 28.8 Å². The van der Waals surface area contributed by atoms with E-state index in [1.807, 2.05) is 6.92 Å². The van der Waals surface area contributed by atoms with Gasteiger partial charge in [0.15, 0.2) is 5.12 Å². The summed E-state index contributed by atoms with van der Waals surface area (Å²) in [6.07, 6.45) is 1.67. The lowest BCUT2D eigenvalue weighted by molar-refractivity contribution is -0.785. The number of thioether (sulfide) groups is 1. The highest BCUT2D eigenvalue weighted by Gasteiger charge is 2.52. The summed E-state index contributed by atoms with van der Waals surface area (Å²) in [5.41, 5.74) is 5.46. The predicted molar refractivity (Wildman–Crippen MR) is 70.7 cm³/mol. The molecule has 6 heteroatoms. The minimum atomic E-state index is -0.565. The lowest BCUT2D eigenvalue weighted by Gasteiger charge is -2.33. The molecule has 5 nitrogen and oxygen atoms in total. The highest BCUT2D eigenvalue weighted by atomic mass is 32.2. The van der Waals surface area contributed by atoms with Crippen molar-refractivity contribution < 1.29 is 18.9 Å². The van der Waals surface area contributed by atoms with Gasteiger partial charge in [0.25, 0.3) is 0 Å². The van der Waals surface area contributed by atoms with Crippen LogP contribution in [-0.4, -0.2) is 39.9 Å². The summed E-state index contributed by atoms with van der Waals surface area (Å²) in [6.45, 7) is 5.61. The van der Waals surface area contributed by atoms with E-state index in [1.54, 1.807) is 6.92 Å². The first-order valence-corrected chi connectivity index (χ1v) is 7.16. The number of urea groups is 1. The summed E-state index contributed by atoms with van der Waals surface area (Å²) in [7, 11) is 0. The molecule has 1 rings (SSSR count). The van der Waals surface area contributed by atoms with E-state index in [0.717, 1.165) is 24.6 Å². The Morgan fingerprint density at radius 1 is 1.44 bits per heavy atom. The highest BCUT2D eigenvalue weighted by molar-refractivity contribution is 8.13. The van der Waals surface area contributed by atoms with Crippen molar-refractivity contribution in [3.63, 3.8) is 0 Å². The van der Waals surface area contributed by atoms with Crippen LogP contribution < -0.4 is 5.73 Å². The van der Waals surface area contributed by atoms with Crippen molar-refractivity contribution in [3.05, 3.63) is 0 Å². The third-order valence-electron chi connectivity index (χ3n) is 3.63. The van der Waals surface area contributed by atoms with Gasteiger partial charge in [-0.15, -0.1) is 0 Å². The SMILES string of the molecule is CC(=O)SCC(C)C(=O)[N+]1(C(N)=O)CCC[C@H]1C. The summed E-state index contributed by atoms with van der Waals surface area (Å²) >= 11 is 1.12. The van der Waals surface area contributed by atoms with Crippen LogP contribution in [0.5, 0.6) is 0 Å². The monoisotopic (exact) mass is 273 g/mol. The number of likely N-dealkylation sites (tertiary alicyclic amines) is 1. The topological polar surface area (TPSA) is 77.2 Å². The molecule has 0 aromatic rings. The van der Waals surface area contributed by atoms with Gasteiger partial charge >= 0.3 is 11.9 Å². The van der Waals surface area contributed by atoms with E-state index < -0.39 is 6.03 Å². The Bertz CT molecular complexity index is 372. The van der Waals surface area contributed by atoms with Crippen LogP contribution in [0.4, 0.5) is 4.79 Å². The molecule has 3 atom stereocenters. The van der Waals surface area contributed by atoms with Gasteiger partial charge in [0.2, 0.25) is 0 Å². The fourth-order valence-electron chi connectivity index (χ4n) is 2.55. The van der Waals surface area contributed by atoms with E-state index in [1.165, 1.54) is 6.92 Å². The van der Waals surface area contributed by atoms with Crippen molar-refractivity contribution in [1.29, 1.82) is 0 Å². The second-order valence-electron chi connectivity index (χ2n) is 4.96. The minimum Gasteiger partial charge on any atom is -0.318 e. The van der Waals surface area contributed by atoms with Gasteiger partial charge in [-0.3, -0.25) is 4.79 Å². The zero-order valence-electron chi connectivity index (χ0n) is 11.1. The molecule has 1 saturated heterocycles. The largest absolute Gasteiger partial charge is 0.421 e. The summed E-state index contributed by atoms with van der Waals surface area (Å²) in [5, 5.41) is -0.0188. The van der Waals surface area contributed by atoms with E-state index in [4.69, 9.17) is 5.73 Å². The Hall–Kier alpha value is -0.880. The fourth-order valence-corrected chi connectivity index (χ4v) is 3.17. The minimum absolute atomic E-state index is 0.0188. The number of primary amides is 1. The van der Waals surface area contributed by atoms with Crippen LogP contribution >= 0.6 is 11.8 Å². The second-order valence-corrected chi connectivity index (χ2v) is 6.16. The molecule has 0 aliphatic carbocycles. The molecule has 0 radical (unpaired) electrons. The molecule has 0 aromatic heterocycles. The summed E-state index contributed by atoms with van der Waals surface area (Å²) < 4.78 is -0.250. The van der Waals surface area contributed by atoms with Crippen LogP contribution in [-0.2, 0) is 9.59 Å². The van der Waals surface area contributed by atoms with Crippen molar-refractivity contribution in [2.75, 3.05) is 12.3 Å². The smallest absolute Gasteiger partial charge is 0.318 e. The quantitative estimate of drug-likeness (QED) is 0.791. The van der Waals surface area contributed by atoms with E-state index >= 15 is 0 Å². The van der Waals surface area contributed by atoms with Gasteiger partial charge < -0.3 is 5.73 Å². The number of hydrogen-bond acceptors (Lipinski definition) is 4. The maximum atomic E-state index is 12.5. The van der Waals surface area contributed by atoms with Crippen molar-refractivity contribution in [2.24, 2.45) is 11.7 Å². The number of nitrogens with two attached hydrogens (primary N) is 1. The maximum absolute atomic E-state index is 12.5. The Balaban J connectivity index is 2.84. The number of nitrogens with zero attached hydrogens (tertiary/aromatic N) is 1. The Morgan fingerprint density at radius 3 is 2.44 bits per heavy atom. The zero-order valence-corrected chi connectivity index (χ0v) is 12.0. The van der Waals surface area contributed by atoms with Gasteiger partial charge in [0.1, 0.15) is 6.04 Å². The normalized spacial score (nSPS) is 28.9. The van der Waals surface area contributed by atoms with Crippen molar-refractivity contribution in [2.45, 2.75) is 39.7 Å². The van der Waals surface area contributed by atoms with Gasteiger partial charge in [-0.25, -0.2) is 9.59 Å². The van der Waals surface area contributed by atoms with Gasteiger partial charge in [-0.2, -0.15) is 4.48 Å². The second kappa shape index (κ2) is 5.84. The summed E-state index contributed by atoms with van der Waals surface area (Å²) in [4.78, 5) is 35.1. The highest BCUT2D eigenvalue weighted by Crippen LogP contribution is 2.30. The molecular formula is C12H21N2O3S+. The van der Waals surface area contributed by atoms with Crippen molar-refractivity contribution in [1.82, 2.24) is 0 Å². The van der Waals surface area contributed by atoms with Crippen LogP contribution in [0.15, 0.2) is 0 Å². The lowest BCUT2D eigenvalue weighted by Crippen LogP contribution is -2.63. The molecule has 1 fully saturated rings. The van der Waals surface area contributed by atoms with Gasteiger partial charge in [0.05, 0.1) is 12.5 Å². The number of carbonyl (C=O) groups is 3. The first kappa shape index (κ1) is 15.2. The molecular weight excluding hydrogens is 252 g/mol. The number of quaternary nitrogens is 1. The number of hydrogen-bond donors (Lipinski definition) is 1. The van der Waals surface area contributed by atoms with Gasteiger partial charge in [-0.05, 0) is 13.8 Å². The molecule has 0 aromatic carbocycles. The molecule has 0 spiro atoms. The molecule has 1 heterocycles. The molecule has 2 unspecified atom stereocenters. The maximum Gasteiger partial charge on any atom is 0.421 e. The van der Waals surface area contributed by atoms with Crippen LogP contribution in [0.3, 0.4) is 0 Å². The summed E-state index contributed by atoms with van der Waals surface area (Å²) in [5.74, 6) is -0.0815. The van der Waals surface area contributed by atoms with E-state index in [9.17, 15) is 14.4 Å². The van der Waals surface area contributed by atoms with Gasteiger partial charge in [-0.1, -0.05) is 11.8 Å². The summed E-state index contributed by atoms with van der Waals surface area (Å²) in [6, 6.07) is -0.621. The molecule has 2 N–H and O–H groups in total. The van der Waals surface area contributed by atoms with Crippen LogP contribution in [0.2, 0.25) is 0 Å². The number of imide groups is 1. The molecule has 1 aliphatic heterocycles. The Labute approximate surface area is 112 Å². The fraction of sp³-hybridized carbons (Fsp3) is 0.750. The average Bonchev–Trinajstić information content (AvgIpc) is 2.67. The molecule has 1 aliphatic rings. The number of carbonyl (C=O) groups excluding carboxylic acids is 3. The van der Waals surface area contributed by atoms with Gasteiger partial charge in [0, 0.05) is 25.5 Å². The van der Waals surface area contributed by atoms with Crippen LogP contribution in [0, 0.1) is 5.92 Å². The van der Waals surface area contributed by atoms with E-state index in [-0.39, 0.29) is 27.5 Å². The first-order valence-electron chi connectivity index (χ1n) is 6.18. The Kier molecular flexibility index (Phi) is 4.92. The number of rotatable bonds is 3. The average molecular weight is 273 g/mol. The standard InChI is InChI=1S/C12H20N2O3S/c1-8(7-18-10(3)15)11(16)14(12(13)17)6-4-5-9(14)2/h8-9H,4-7H2,1-3H3,(H-,13,17)/p+1/t8?,9-,14?/m1/s1. The number of amides is 3. The third kappa shape index (κ3) is 2.75. The first-order chi connectivity index (χ1) is 8.32. The van der Waals surface area contributed by atoms with E-state index in [2.05, 4.69) is 0 Å². The molecule has 18 heavy (non-hydrogen) atoms. The molecule has 0 bridgehead atoms. The lowest BCUT2D eigenvalue weighted by atomic mass is 10.1. The molecule has 0 saturated carbocycles. The predicted octanol–water partition coefficient (Wildman–Crippen LogP) is 1.51. The molecule has 3 amide bonds. The zero-order chi connectivity index (χ0) is 13.9.